The number of hydrogen-bond acceptors (Lipinski definition) is 3. The highest BCUT2D eigenvalue weighted by Crippen LogP contribution is 2.48. The van der Waals surface area contributed by atoms with Gasteiger partial charge in [0.25, 0.3) is 0 Å². The Morgan fingerprint density at radius 2 is 1.74 bits per heavy atom. The van der Waals surface area contributed by atoms with Crippen LogP contribution in [0.15, 0.2) is 0 Å². The Bertz CT molecular complexity index is 314. The molecule has 3 rings (SSSR count). The highest BCUT2D eigenvalue weighted by atomic mass is 16.5. The molecule has 0 aromatic heterocycles. The summed E-state index contributed by atoms with van der Waals surface area (Å²) in [5, 5.41) is 10.4. The van der Waals surface area contributed by atoms with E-state index >= 15 is 0 Å². The molecule has 3 unspecified atom stereocenters. The van der Waals surface area contributed by atoms with Gasteiger partial charge in [-0.15, -0.1) is 0 Å². The average molecular weight is 267 g/mol. The topological polar surface area (TPSA) is 55.5 Å². The van der Waals surface area contributed by atoms with Crippen LogP contribution >= 0.6 is 0 Å². The number of rotatable bonds is 3. The van der Waals surface area contributed by atoms with Crippen LogP contribution in [-0.4, -0.2) is 29.5 Å². The molecule has 0 aromatic rings. The molecule has 1 saturated heterocycles. The summed E-state index contributed by atoms with van der Waals surface area (Å²) in [7, 11) is 0. The van der Waals surface area contributed by atoms with Crippen LogP contribution < -0.4 is 5.73 Å². The van der Waals surface area contributed by atoms with Gasteiger partial charge in [0.15, 0.2) is 0 Å². The van der Waals surface area contributed by atoms with Crippen LogP contribution in [0, 0.1) is 5.41 Å². The van der Waals surface area contributed by atoms with Crippen LogP contribution in [0.4, 0.5) is 0 Å². The SMILES string of the molecule is NCC1(CC2CCC3(CCCC3)O2)CCCCC1O. The lowest BCUT2D eigenvalue weighted by Crippen LogP contribution is -2.46. The molecule has 2 aliphatic carbocycles. The Hall–Kier alpha value is -0.120. The first-order valence-electron chi connectivity index (χ1n) is 8.24. The van der Waals surface area contributed by atoms with Gasteiger partial charge in [-0.05, 0) is 44.9 Å². The molecule has 3 fully saturated rings. The Morgan fingerprint density at radius 3 is 2.42 bits per heavy atom. The average Bonchev–Trinajstić information content (AvgIpc) is 3.03. The summed E-state index contributed by atoms with van der Waals surface area (Å²) >= 11 is 0. The third-order valence-electron chi connectivity index (χ3n) is 6.00. The van der Waals surface area contributed by atoms with E-state index < -0.39 is 0 Å². The first-order valence-corrected chi connectivity index (χ1v) is 8.24. The van der Waals surface area contributed by atoms with Crippen molar-refractivity contribution in [2.24, 2.45) is 11.1 Å². The van der Waals surface area contributed by atoms with Gasteiger partial charge in [0, 0.05) is 12.0 Å². The fraction of sp³-hybridized carbons (Fsp3) is 1.00. The van der Waals surface area contributed by atoms with Gasteiger partial charge in [0.2, 0.25) is 0 Å². The molecule has 19 heavy (non-hydrogen) atoms. The van der Waals surface area contributed by atoms with Gasteiger partial charge in [0.05, 0.1) is 17.8 Å². The Labute approximate surface area is 116 Å². The van der Waals surface area contributed by atoms with Gasteiger partial charge < -0.3 is 15.6 Å². The maximum absolute atomic E-state index is 10.4. The monoisotopic (exact) mass is 267 g/mol. The summed E-state index contributed by atoms with van der Waals surface area (Å²) < 4.78 is 6.42. The predicted molar refractivity (Wildman–Crippen MR) is 75.9 cm³/mol. The maximum atomic E-state index is 10.4. The lowest BCUT2D eigenvalue weighted by Gasteiger charge is -2.42. The molecule has 1 heterocycles. The highest BCUT2D eigenvalue weighted by molar-refractivity contribution is 4.98. The second-order valence-electron chi connectivity index (χ2n) is 7.20. The van der Waals surface area contributed by atoms with Crippen molar-refractivity contribution in [2.45, 2.75) is 88.4 Å². The number of nitrogens with two attached hydrogens (primary N) is 1. The lowest BCUT2D eigenvalue weighted by atomic mass is 9.68. The molecule has 3 heteroatoms. The second kappa shape index (κ2) is 5.34. The summed E-state index contributed by atoms with van der Waals surface area (Å²) in [6.07, 6.45) is 13.1. The lowest BCUT2D eigenvalue weighted by molar-refractivity contribution is -0.0833. The normalized spacial score (nSPS) is 42.0. The number of ether oxygens (including phenoxy) is 1. The fourth-order valence-electron chi connectivity index (χ4n) is 4.73. The number of aliphatic hydroxyl groups excluding tert-OH is 1. The van der Waals surface area contributed by atoms with E-state index in [1.807, 2.05) is 0 Å². The third-order valence-corrected chi connectivity index (χ3v) is 6.00. The van der Waals surface area contributed by atoms with Crippen LogP contribution in [0.2, 0.25) is 0 Å². The molecule has 1 aliphatic heterocycles. The van der Waals surface area contributed by atoms with Crippen molar-refractivity contribution < 1.29 is 9.84 Å². The van der Waals surface area contributed by atoms with Crippen molar-refractivity contribution in [3.8, 4) is 0 Å². The Balaban J connectivity index is 1.63. The summed E-state index contributed by atoms with van der Waals surface area (Å²) in [6.45, 7) is 0.612. The van der Waals surface area contributed by atoms with Gasteiger partial charge in [-0.25, -0.2) is 0 Å². The summed E-state index contributed by atoms with van der Waals surface area (Å²) in [5.41, 5.74) is 6.18. The molecule has 3 aliphatic rings. The minimum absolute atomic E-state index is 0.0624. The molecule has 0 amide bonds. The standard InChI is InChI=1S/C16H29NO2/c17-12-15(7-2-1-5-14(15)18)11-13-6-10-16(19-13)8-3-4-9-16/h13-14,18H,1-12,17H2. The van der Waals surface area contributed by atoms with Crippen molar-refractivity contribution in [1.29, 1.82) is 0 Å². The van der Waals surface area contributed by atoms with Crippen molar-refractivity contribution >= 4 is 0 Å². The molecule has 3 atom stereocenters. The minimum atomic E-state index is -0.213. The maximum Gasteiger partial charge on any atom is 0.0687 e. The van der Waals surface area contributed by atoms with Crippen molar-refractivity contribution in [3.05, 3.63) is 0 Å². The van der Waals surface area contributed by atoms with E-state index in [4.69, 9.17) is 10.5 Å². The van der Waals surface area contributed by atoms with Gasteiger partial charge >= 0.3 is 0 Å². The second-order valence-corrected chi connectivity index (χ2v) is 7.20. The van der Waals surface area contributed by atoms with E-state index in [9.17, 15) is 5.11 Å². The van der Waals surface area contributed by atoms with Gasteiger partial charge in [-0.2, -0.15) is 0 Å². The fourth-order valence-corrected chi connectivity index (χ4v) is 4.73. The van der Waals surface area contributed by atoms with Crippen molar-refractivity contribution in [2.75, 3.05) is 6.54 Å². The molecule has 3 N–H and O–H groups in total. The Kier molecular flexibility index (Phi) is 3.89. The zero-order chi connectivity index (χ0) is 13.3. The van der Waals surface area contributed by atoms with E-state index in [1.54, 1.807) is 0 Å². The first-order chi connectivity index (χ1) is 9.18. The van der Waals surface area contributed by atoms with Crippen LogP contribution in [0.25, 0.3) is 0 Å². The smallest absolute Gasteiger partial charge is 0.0687 e. The van der Waals surface area contributed by atoms with E-state index in [0.29, 0.717) is 12.6 Å². The van der Waals surface area contributed by atoms with Crippen LogP contribution in [0.5, 0.6) is 0 Å². The van der Waals surface area contributed by atoms with E-state index in [-0.39, 0.29) is 17.1 Å². The number of aliphatic hydroxyl groups is 1. The number of hydrogen-bond donors (Lipinski definition) is 2. The first kappa shape index (κ1) is 13.8. The van der Waals surface area contributed by atoms with E-state index in [0.717, 1.165) is 25.7 Å². The van der Waals surface area contributed by atoms with Crippen molar-refractivity contribution in [1.82, 2.24) is 0 Å². The molecule has 2 saturated carbocycles. The minimum Gasteiger partial charge on any atom is -0.392 e. The highest BCUT2D eigenvalue weighted by Gasteiger charge is 2.47. The zero-order valence-electron chi connectivity index (χ0n) is 12.1. The molecular weight excluding hydrogens is 238 g/mol. The van der Waals surface area contributed by atoms with Crippen LogP contribution in [0.1, 0.15) is 70.6 Å². The Morgan fingerprint density at radius 1 is 1.00 bits per heavy atom. The van der Waals surface area contributed by atoms with E-state index in [1.165, 1.54) is 44.9 Å². The molecular formula is C16H29NO2. The summed E-state index contributed by atoms with van der Waals surface area (Å²) in [6, 6.07) is 0. The van der Waals surface area contributed by atoms with E-state index in [2.05, 4.69) is 0 Å². The summed E-state index contributed by atoms with van der Waals surface area (Å²) in [5.74, 6) is 0. The largest absolute Gasteiger partial charge is 0.392 e. The van der Waals surface area contributed by atoms with Gasteiger partial charge in [0.1, 0.15) is 0 Å². The van der Waals surface area contributed by atoms with Crippen LogP contribution in [-0.2, 0) is 4.74 Å². The quantitative estimate of drug-likeness (QED) is 0.826. The molecule has 110 valence electrons. The predicted octanol–water partition coefficient (Wildman–Crippen LogP) is 2.75. The molecule has 0 bridgehead atoms. The third kappa shape index (κ3) is 2.57. The summed E-state index contributed by atoms with van der Waals surface area (Å²) in [4.78, 5) is 0. The van der Waals surface area contributed by atoms with Crippen LogP contribution in [0.3, 0.4) is 0 Å². The molecule has 0 radical (unpaired) electrons. The molecule has 3 nitrogen and oxygen atoms in total. The van der Waals surface area contributed by atoms with Gasteiger partial charge in [-0.1, -0.05) is 25.7 Å². The zero-order valence-corrected chi connectivity index (χ0v) is 12.1. The molecule has 1 spiro atoms. The molecule has 0 aromatic carbocycles. The van der Waals surface area contributed by atoms with Crippen molar-refractivity contribution in [3.63, 3.8) is 0 Å². The van der Waals surface area contributed by atoms with Gasteiger partial charge in [-0.3, -0.25) is 0 Å².